The van der Waals surface area contributed by atoms with Gasteiger partial charge in [0.05, 0.1) is 24.0 Å². The van der Waals surface area contributed by atoms with Crippen LogP contribution in [0.3, 0.4) is 0 Å². The molecule has 2 aliphatic heterocycles. The Morgan fingerprint density at radius 1 is 0.935 bits per heavy atom. The SMILES string of the molecule is CC(C)(C)c1cc(-c2ncnc3c4c(sc23)[Si]2(CCCC2)CCC4)cc2ccccc12. The van der Waals surface area contributed by atoms with Gasteiger partial charge in [-0.05, 0) is 50.4 Å². The second-order valence-electron chi connectivity index (χ2n) is 10.6. The molecule has 158 valence electrons. The Hall–Kier alpha value is -2.04. The summed E-state index contributed by atoms with van der Waals surface area (Å²) in [6, 6.07) is 18.0. The van der Waals surface area contributed by atoms with Crippen LogP contribution < -0.4 is 4.50 Å². The Kier molecular flexibility index (Phi) is 4.42. The summed E-state index contributed by atoms with van der Waals surface area (Å²) in [4.78, 5) is 9.73. The van der Waals surface area contributed by atoms with Crippen LogP contribution in [0, 0.1) is 0 Å². The molecule has 2 aliphatic rings. The topological polar surface area (TPSA) is 25.8 Å². The minimum absolute atomic E-state index is 0.0806. The number of nitrogens with zero attached hydrogens (tertiary/aromatic N) is 2. The number of aromatic nitrogens is 2. The quantitative estimate of drug-likeness (QED) is 0.291. The van der Waals surface area contributed by atoms with E-state index in [4.69, 9.17) is 9.97 Å². The molecule has 6 rings (SSSR count). The highest BCUT2D eigenvalue weighted by molar-refractivity contribution is 7.32. The van der Waals surface area contributed by atoms with Gasteiger partial charge in [-0.2, -0.15) is 0 Å². The highest BCUT2D eigenvalue weighted by Crippen LogP contribution is 2.44. The summed E-state index contributed by atoms with van der Waals surface area (Å²) in [5, 5.41) is 2.66. The molecule has 2 aromatic carbocycles. The first-order chi connectivity index (χ1) is 15.0. The zero-order valence-corrected chi connectivity index (χ0v) is 20.6. The fourth-order valence-corrected chi connectivity index (χ4v) is 14.3. The van der Waals surface area contributed by atoms with Gasteiger partial charge in [0, 0.05) is 5.56 Å². The number of hydrogen-bond donors (Lipinski definition) is 0. The summed E-state index contributed by atoms with van der Waals surface area (Å²) in [5.74, 6) is 0. The van der Waals surface area contributed by atoms with Crippen molar-refractivity contribution in [2.24, 2.45) is 0 Å². The molecule has 31 heavy (non-hydrogen) atoms. The molecule has 0 unspecified atom stereocenters. The lowest BCUT2D eigenvalue weighted by Crippen LogP contribution is -2.47. The minimum Gasteiger partial charge on any atom is -0.235 e. The average Bonchev–Trinajstić information content (AvgIpc) is 3.38. The van der Waals surface area contributed by atoms with Gasteiger partial charge in [-0.25, -0.2) is 9.97 Å². The Labute approximate surface area is 189 Å². The van der Waals surface area contributed by atoms with Crippen molar-refractivity contribution in [1.82, 2.24) is 9.97 Å². The molecule has 0 atom stereocenters. The number of rotatable bonds is 1. The van der Waals surface area contributed by atoms with Crippen molar-refractivity contribution in [3.05, 3.63) is 53.9 Å². The normalized spacial score (nSPS) is 18.2. The average molecular weight is 443 g/mol. The minimum atomic E-state index is -1.28. The molecule has 2 nitrogen and oxygen atoms in total. The third-order valence-electron chi connectivity index (χ3n) is 7.64. The lowest BCUT2D eigenvalue weighted by molar-refractivity contribution is 0.596. The van der Waals surface area contributed by atoms with Gasteiger partial charge in [-0.15, -0.1) is 11.3 Å². The summed E-state index contributed by atoms with van der Waals surface area (Å²) in [7, 11) is -1.28. The molecule has 0 amide bonds. The monoisotopic (exact) mass is 442 g/mol. The van der Waals surface area contributed by atoms with Crippen molar-refractivity contribution in [3.63, 3.8) is 0 Å². The predicted molar refractivity (Wildman–Crippen MR) is 136 cm³/mol. The molecule has 4 heterocycles. The zero-order chi connectivity index (χ0) is 21.2. The first-order valence-electron chi connectivity index (χ1n) is 11.8. The summed E-state index contributed by atoms with van der Waals surface area (Å²) in [6.45, 7) is 6.94. The van der Waals surface area contributed by atoms with Gasteiger partial charge >= 0.3 is 0 Å². The molecular formula is C27H30N2SSi. The molecule has 0 radical (unpaired) electrons. The van der Waals surface area contributed by atoms with Gasteiger partial charge in [0.25, 0.3) is 0 Å². The second-order valence-corrected chi connectivity index (χ2v) is 16.6. The molecule has 0 N–H and O–H groups in total. The highest BCUT2D eigenvalue weighted by Gasteiger charge is 2.43. The molecule has 1 fully saturated rings. The maximum Gasteiger partial charge on any atom is 0.116 e. The van der Waals surface area contributed by atoms with Crippen LogP contribution in [0.5, 0.6) is 0 Å². The third-order valence-corrected chi connectivity index (χ3v) is 15.5. The molecule has 0 saturated carbocycles. The van der Waals surface area contributed by atoms with Crippen LogP contribution in [0.15, 0.2) is 42.7 Å². The lowest BCUT2D eigenvalue weighted by Gasteiger charge is -2.30. The smallest absolute Gasteiger partial charge is 0.116 e. The van der Waals surface area contributed by atoms with Crippen molar-refractivity contribution in [2.45, 2.75) is 70.0 Å². The molecule has 1 spiro atoms. The van der Waals surface area contributed by atoms with Crippen molar-refractivity contribution < 1.29 is 0 Å². The van der Waals surface area contributed by atoms with Crippen molar-refractivity contribution in [3.8, 4) is 11.3 Å². The Morgan fingerprint density at radius 3 is 2.52 bits per heavy atom. The fraction of sp³-hybridized carbons (Fsp3) is 0.407. The Balaban J connectivity index is 1.61. The van der Waals surface area contributed by atoms with E-state index in [-0.39, 0.29) is 5.41 Å². The van der Waals surface area contributed by atoms with Crippen LogP contribution in [0.2, 0.25) is 18.1 Å². The van der Waals surface area contributed by atoms with Crippen LogP contribution in [0.1, 0.15) is 51.2 Å². The maximum absolute atomic E-state index is 4.88. The molecular weight excluding hydrogens is 412 g/mol. The fourth-order valence-electron chi connectivity index (χ4n) is 6.14. The van der Waals surface area contributed by atoms with Crippen molar-refractivity contribution in [1.29, 1.82) is 0 Å². The Bertz CT molecular complexity index is 1310. The van der Waals surface area contributed by atoms with E-state index < -0.39 is 8.07 Å². The first-order valence-corrected chi connectivity index (χ1v) is 15.2. The van der Waals surface area contributed by atoms with Crippen LogP contribution in [0.25, 0.3) is 32.2 Å². The first kappa shape index (κ1) is 19.6. The molecule has 0 aliphatic carbocycles. The van der Waals surface area contributed by atoms with Gasteiger partial charge in [0.1, 0.15) is 6.33 Å². The summed E-state index contributed by atoms with van der Waals surface area (Å²) >= 11 is 2.07. The number of thiophene rings is 1. The molecule has 4 aromatic rings. The van der Waals surface area contributed by atoms with Crippen molar-refractivity contribution >= 4 is 44.9 Å². The Morgan fingerprint density at radius 2 is 1.71 bits per heavy atom. The van der Waals surface area contributed by atoms with Crippen LogP contribution in [-0.2, 0) is 11.8 Å². The maximum atomic E-state index is 4.88. The predicted octanol–water partition coefficient (Wildman–Crippen LogP) is 7.20. The van der Waals surface area contributed by atoms with Gasteiger partial charge in [0.2, 0.25) is 0 Å². The van der Waals surface area contributed by atoms with E-state index in [9.17, 15) is 0 Å². The van der Waals surface area contributed by atoms with Crippen molar-refractivity contribution in [2.75, 3.05) is 0 Å². The second kappa shape index (κ2) is 6.98. The van der Waals surface area contributed by atoms with E-state index in [1.165, 1.54) is 75.9 Å². The van der Waals surface area contributed by atoms with E-state index in [1.54, 1.807) is 10.1 Å². The summed E-state index contributed by atoms with van der Waals surface area (Å²) in [5.41, 5.74) is 6.72. The standard InChI is InChI=1S/C27H30N2SSi/c1-27(2,3)22-16-19(15-18-9-4-5-10-20(18)22)23-25-24(29-17-28-23)21-11-8-14-31(26(21)30-25)12-6-7-13-31/h4-5,9-10,15-17H,6-8,11-14H2,1-3H3. The van der Waals surface area contributed by atoms with Crippen LogP contribution in [0.4, 0.5) is 0 Å². The molecule has 1 saturated heterocycles. The molecule has 0 bridgehead atoms. The molecule has 2 aromatic heterocycles. The van der Waals surface area contributed by atoms with Gasteiger partial charge in [0.15, 0.2) is 0 Å². The largest absolute Gasteiger partial charge is 0.235 e. The van der Waals surface area contributed by atoms with E-state index >= 15 is 0 Å². The van der Waals surface area contributed by atoms with E-state index in [0.29, 0.717) is 0 Å². The molecule has 4 heteroatoms. The lowest BCUT2D eigenvalue weighted by atomic mass is 9.82. The zero-order valence-electron chi connectivity index (χ0n) is 18.8. The van der Waals surface area contributed by atoms with Crippen LogP contribution >= 0.6 is 11.3 Å². The number of hydrogen-bond acceptors (Lipinski definition) is 3. The van der Waals surface area contributed by atoms with E-state index in [0.717, 1.165) is 5.69 Å². The van der Waals surface area contributed by atoms with E-state index in [2.05, 4.69) is 68.5 Å². The third kappa shape index (κ3) is 3.02. The summed E-state index contributed by atoms with van der Waals surface area (Å²) < 4.78 is 3.12. The number of aryl methyl sites for hydroxylation is 1. The van der Waals surface area contributed by atoms with Gasteiger partial charge < -0.3 is 0 Å². The van der Waals surface area contributed by atoms with Gasteiger partial charge in [-0.3, -0.25) is 0 Å². The summed E-state index contributed by atoms with van der Waals surface area (Å²) in [6.07, 6.45) is 7.28. The van der Waals surface area contributed by atoms with Crippen LogP contribution in [-0.4, -0.2) is 18.0 Å². The number of benzene rings is 2. The van der Waals surface area contributed by atoms with E-state index in [1.807, 2.05) is 6.33 Å². The van der Waals surface area contributed by atoms with Gasteiger partial charge in [-0.1, -0.05) is 82.4 Å². The number of fused-ring (bicyclic) bond motifs is 5. The highest BCUT2D eigenvalue weighted by atomic mass is 32.1.